The van der Waals surface area contributed by atoms with Gasteiger partial charge in [0.1, 0.15) is 18.4 Å². The van der Waals surface area contributed by atoms with Crippen molar-refractivity contribution in [3.05, 3.63) is 35.4 Å². The number of hydrogen-bond donors (Lipinski definition) is 6. The van der Waals surface area contributed by atoms with Crippen LogP contribution in [0.15, 0.2) is 24.3 Å². The number of aliphatic hydroxyl groups is 1. The third-order valence-electron chi connectivity index (χ3n) is 5.30. The Hall–Kier alpha value is -3.80. The first-order chi connectivity index (χ1) is 17.5. The molecule has 0 aliphatic heterocycles. The zero-order valence-electron chi connectivity index (χ0n) is 21.6. The standard InChI is InChI=1S/C25H37N5O7/c1-5-19(29-21(34)13-28-23(35)17-9-7-8-16(10-17)14-31)24(36)27-12-18(32)11-20(33)30-22(15(3)4)25(37)26-6-2/h7-10,14-15,18-19,22,32H,5-6,11-13H2,1-4H3,(H,26,37)(H,27,36)(H,28,35)(H,29,34)(H,30,33). The molecule has 1 aromatic rings. The van der Waals surface area contributed by atoms with Crippen molar-refractivity contribution in [2.75, 3.05) is 19.6 Å². The van der Waals surface area contributed by atoms with Gasteiger partial charge in [0, 0.05) is 24.2 Å². The van der Waals surface area contributed by atoms with Gasteiger partial charge in [0.05, 0.1) is 19.1 Å². The molecule has 0 fully saturated rings. The van der Waals surface area contributed by atoms with Crippen molar-refractivity contribution in [1.82, 2.24) is 26.6 Å². The summed E-state index contributed by atoms with van der Waals surface area (Å²) in [6, 6.07) is 4.29. The smallest absolute Gasteiger partial charge is 0.251 e. The molecule has 3 unspecified atom stereocenters. The SMILES string of the molecule is CCNC(=O)C(NC(=O)CC(O)CNC(=O)C(CC)NC(=O)CNC(=O)c1cccc(C=O)c1)C(C)C. The highest BCUT2D eigenvalue weighted by atomic mass is 16.3. The van der Waals surface area contributed by atoms with Crippen molar-refractivity contribution in [2.24, 2.45) is 5.92 Å². The van der Waals surface area contributed by atoms with Crippen molar-refractivity contribution in [3.8, 4) is 0 Å². The Balaban J connectivity index is 2.49. The number of likely N-dealkylation sites (N-methyl/N-ethyl adjacent to an activating group) is 1. The number of carbonyl (C=O) groups is 6. The van der Waals surface area contributed by atoms with Crippen LogP contribution in [0.3, 0.4) is 0 Å². The van der Waals surface area contributed by atoms with Gasteiger partial charge < -0.3 is 31.7 Å². The van der Waals surface area contributed by atoms with Gasteiger partial charge >= 0.3 is 0 Å². The topological polar surface area (TPSA) is 183 Å². The minimum absolute atomic E-state index is 0.160. The van der Waals surface area contributed by atoms with Crippen molar-refractivity contribution in [3.63, 3.8) is 0 Å². The fourth-order valence-electron chi connectivity index (χ4n) is 3.29. The van der Waals surface area contributed by atoms with Gasteiger partial charge in [0.2, 0.25) is 23.6 Å². The predicted octanol–water partition coefficient (Wildman–Crippen LogP) is -0.732. The molecule has 0 radical (unpaired) electrons. The lowest BCUT2D eigenvalue weighted by Crippen LogP contribution is -2.51. The molecule has 0 bridgehead atoms. The predicted molar refractivity (Wildman–Crippen MR) is 135 cm³/mol. The van der Waals surface area contributed by atoms with E-state index in [0.717, 1.165) is 0 Å². The van der Waals surface area contributed by atoms with Gasteiger partial charge in [-0.05, 0) is 31.4 Å². The summed E-state index contributed by atoms with van der Waals surface area (Å²) in [6.45, 7) is 6.80. The average molecular weight is 520 g/mol. The largest absolute Gasteiger partial charge is 0.391 e. The molecular formula is C25H37N5O7. The van der Waals surface area contributed by atoms with Gasteiger partial charge in [-0.3, -0.25) is 28.8 Å². The lowest BCUT2D eigenvalue weighted by atomic mass is 10.0. The molecule has 0 aliphatic carbocycles. The molecule has 6 N–H and O–H groups in total. The Bertz CT molecular complexity index is 967. The Kier molecular flexibility index (Phi) is 13.5. The molecule has 0 heterocycles. The molecule has 1 rings (SSSR count). The molecule has 204 valence electrons. The number of nitrogens with one attached hydrogen (secondary N) is 5. The second-order valence-electron chi connectivity index (χ2n) is 8.74. The summed E-state index contributed by atoms with van der Waals surface area (Å²) in [5, 5.41) is 22.8. The van der Waals surface area contributed by atoms with Crippen LogP contribution < -0.4 is 26.6 Å². The first-order valence-corrected chi connectivity index (χ1v) is 12.2. The number of hydrogen-bond acceptors (Lipinski definition) is 7. The number of aliphatic hydroxyl groups excluding tert-OH is 1. The quantitative estimate of drug-likeness (QED) is 0.165. The zero-order valence-corrected chi connectivity index (χ0v) is 21.6. The summed E-state index contributed by atoms with van der Waals surface area (Å²) in [6.07, 6.45) is -0.693. The molecule has 0 aromatic heterocycles. The van der Waals surface area contributed by atoms with E-state index >= 15 is 0 Å². The Morgan fingerprint density at radius 1 is 0.946 bits per heavy atom. The second-order valence-corrected chi connectivity index (χ2v) is 8.74. The van der Waals surface area contributed by atoms with Gasteiger partial charge in [-0.2, -0.15) is 0 Å². The minimum atomic E-state index is -1.21. The van der Waals surface area contributed by atoms with Crippen LogP contribution in [0.1, 0.15) is 61.3 Å². The number of carbonyl (C=O) groups excluding carboxylic acids is 6. The molecule has 12 heteroatoms. The molecule has 37 heavy (non-hydrogen) atoms. The molecule has 12 nitrogen and oxygen atoms in total. The number of rotatable bonds is 15. The van der Waals surface area contributed by atoms with Crippen LogP contribution in [0, 0.1) is 5.92 Å². The molecule has 0 aliphatic rings. The van der Waals surface area contributed by atoms with Crippen LogP contribution in [-0.2, 0) is 19.2 Å². The fraction of sp³-hybridized carbons (Fsp3) is 0.520. The molecule has 5 amide bonds. The maximum atomic E-state index is 12.4. The van der Waals surface area contributed by atoms with Gasteiger partial charge in [-0.25, -0.2) is 0 Å². The molecule has 0 spiro atoms. The molecule has 3 atom stereocenters. The van der Waals surface area contributed by atoms with Gasteiger partial charge in [-0.15, -0.1) is 0 Å². The van der Waals surface area contributed by atoms with E-state index in [1.807, 2.05) is 0 Å². The van der Waals surface area contributed by atoms with Crippen molar-refractivity contribution in [2.45, 2.75) is 58.7 Å². The lowest BCUT2D eigenvalue weighted by molar-refractivity contribution is -0.131. The molecule has 0 saturated heterocycles. The highest BCUT2D eigenvalue weighted by molar-refractivity contribution is 5.98. The number of benzene rings is 1. The van der Waals surface area contributed by atoms with Gasteiger partial charge in [-0.1, -0.05) is 32.9 Å². The second kappa shape index (κ2) is 16.0. The summed E-state index contributed by atoms with van der Waals surface area (Å²) in [5.74, 6) is -2.74. The summed E-state index contributed by atoms with van der Waals surface area (Å²) in [4.78, 5) is 72.0. The minimum Gasteiger partial charge on any atom is -0.391 e. The van der Waals surface area contributed by atoms with Crippen molar-refractivity contribution in [1.29, 1.82) is 0 Å². The van der Waals surface area contributed by atoms with E-state index in [2.05, 4.69) is 26.6 Å². The summed E-state index contributed by atoms with van der Waals surface area (Å²) in [7, 11) is 0. The maximum absolute atomic E-state index is 12.4. The van der Waals surface area contributed by atoms with Crippen LogP contribution in [-0.4, -0.2) is 78.8 Å². The zero-order chi connectivity index (χ0) is 28.0. The Labute approximate surface area is 216 Å². The van der Waals surface area contributed by atoms with E-state index < -0.39 is 41.8 Å². The van der Waals surface area contributed by atoms with E-state index in [4.69, 9.17) is 0 Å². The van der Waals surface area contributed by atoms with E-state index in [9.17, 15) is 33.9 Å². The van der Waals surface area contributed by atoms with Crippen molar-refractivity contribution >= 4 is 35.8 Å². The van der Waals surface area contributed by atoms with Crippen LogP contribution in [0.25, 0.3) is 0 Å². The van der Waals surface area contributed by atoms with Crippen LogP contribution in [0.4, 0.5) is 0 Å². The maximum Gasteiger partial charge on any atom is 0.251 e. The first-order valence-electron chi connectivity index (χ1n) is 12.2. The first kappa shape index (κ1) is 31.2. The lowest BCUT2D eigenvalue weighted by Gasteiger charge is -2.22. The summed E-state index contributed by atoms with van der Waals surface area (Å²) in [5.41, 5.74) is 0.534. The van der Waals surface area contributed by atoms with Crippen molar-refractivity contribution < 1.29 is 33.9 Å². The van der Waals surface area contributed by atoms with E-state index in [1.165, 1.54) is 12.1 Å². The Morgan fingerprint density at radius 2 is 1.65 bits per heavy atom. The highest BCUT2D eigenvalue weighted by Crippen LogP contribution is 2.04. The molecule has 0 saturated carbocycles. The summed E-state index contributed by atoms with van der Waals surface area (Å²) < 4.78 is 0. The summed E-state index contributed by atoms with van der Waals surface area (Å²) >= 11 is 0. The van der Waals surface area contributed by atoms with Crippen LogP contribution in [0.2, 0.25) is 0 Å². The molecular weight excluding hydrogens is 482 g/mol. The van der Waals surface area contributed by atoms with Gasteiger partial charge in [0.25, 0.3) is 5.91 Å². The Morgan fingerprint density at radius 3 is 2.24 bits per heavy atom. The monoisotopic (exact) mass is 519 g/mol. The third kappa shape index (κ3) is 11.2. The van der Waals surface area contributed by atoms with Gasteiger partial charge in [0.15, 0.2) is 0 Å². The third-order valence-corrected chi connectivity index (χ3v) is 5.30. The van der Waals surface area contributed by atoms with E-state index in [1.54, 1.807) is 39.8 Å². The average Bonchev–Trinajstić information content (AvgIpc) is 2.87. The normalized spacial score (nSPS) is 13.0. The highest BCUT2D eigenvalue weighted by Gasteiger charge is 2.25. The number of aldehydes is 1. The van der Waals surface area contributed by atoms with E-state index in [0.29, 0.717) is 18.4 Å². The molecule has 1 aromatic carbocycles. The van der Waals surface area contributed by atoms with Crippen LogP contribution >= 0.6 is 0 Å². The van der Waals surface area contributed by atoms with E-state index in [-0.39, 0.29) is 43.3 Å². The fourth-order valence-corrected chi connectivity index (χ4v) is 3.29. The number of amides is 5. The van der Waals surface area contributed by atoms with Crippen LogP contribution in [0.5, 0.6) is 0 Å².